The van der Waals surface area contributed by atoms with Crippen molar-refractivity contribution in [1.29, 1.82) is 0 Å². The summed E-state index contributed by atoms with van der Waals surface area (Å²) in [5.74, 6) is 0. The molecule has 0 heterocycles. The standard InChI is InChI=1S/C10H8N2O2/c11-8-4-5-9-7(6-8)2-1-3-10(9)12(13)14/h1-6H,11H2. The van der Waals surface area contributed by atoms with E-state index in [9.17, 15) is 10.1 Å². The van der Waals surface area contributed by atoms with Gasteiger partial charge in [0.25, 0.3) is 5.69 Å². The Morgan fingerprint density at radius 2 is 2.00 bits per heavy atom. The van der Waals surface area contributed by atoms with E-state index in [4.69, 9.17) is 5.73 Å². The summed E-state index contributed by atoms with van der Waals surface area (Å²) in [6.07, 6.45) is 0. The number of nitrogens with zero attached hydrogens (tertiary/aromatic N) is 1. The maximum Gasteiger partial charge on any atom is 0.277 e. The third-order valence-electron chi connectivity index (χ3n) is 2.08. The molecule has 0 radical (unpaired) electrons. The Morgan fingerprint density at radius 1 is 1.21 bits per heavy atom. The molecule has 0 unspecified atom stereocenters. The van der Waals surface area contributed by atoms with Gasteiger partial charge in [0.15, 0.2) is 0 Å². The van der Waals surface area contributed by atoms with Gasteiger partial charge in [0.05, 0.1) is 10.3 Å². The molecule has 0 fully saturated rings. The minimum Gasteiger partial charge on any atom is -0.399 e. The van der Waals surface area contributed by atoms with Gasteiger partial charge in [-0.3, -0.25) is 10.1 Å². The third kappa shape index (κ3) is 1.26. The number of hydrogen-bond acceptors (Lipinski definition) is 3. The highest BCUT2D eigenvalue weighted by Gasteiger charge is 2.09. The lowest BCUT2D eigenvalue weighted by atomic mass is 10.1. The number of nitro groups is 1. The Hall–Kier alpha value is -2.10. The minimum atomic E-state index is -0.390. The Bertz CT molecular complexity index is 508. The van der Waals surface area contributed by atoms with Crippen LogP contribution in [-0.4, -0.2) is 4.92 Å². The van der Waals surface area contributed by atoms with E-state index in [1.54, 1.807) is 30.3 Å². The molecule has 0 aromatic heterocycles. The van der Waals surface area contributed by atoms with Crippen LogP contribution in [0.3, 0.4) is 0 Å². The van der Waals surface area contributed by atoms with Crippen molar-refractivity contribution in [2.45, 2.75) is 0 Å². The molecule has 2 aromatic rings. The second kappa shape index (κ2) is 2.99. The Kier molecular flexibility index (Phi) is 1.81. The fourth-order valence-electron chi connectivity index (χ4n) is 1.44. The molecule has 0 amide bonds. The van der Waals surface area contributed by atoms with Gasteiger partial charge in [-0.25, -0.2) is 0 Å². The molecule has 70 valence electrons. The summed E-state index contributed by atoms with van der Waals surface area (Å²) in [4.78, 5) is 10.3. The van der Waals surface area contributed by atoms with Crippen LogP contribution in [0, 0.1) is 10.1 Å². The number of nitrogen functional groups attached to an aromatic ring is 1. The van der Waals surface area contributed by atoms with Crippen LogP contribution in [0.25, 0.3) is 10.8 Å². The monoisotopic (exact) mass is 188 g/mol. The second-order valence-corrected chi connectivity index (χ2v) is 3.01. The summed E-state index contributed by atoms with van der Waals surface area (Å²) >= 11 is 0. The van der Waals surface area contributed by atoms with Gasteiger partial charge in [0, 0.05) is 11.8 Å². The largest absolute Gasteiger partial charge is 0.399 e. The van der Waals surface area contributed by atoms with Crippen molar-refractivity contribution in [1.82, 2.24) is 0 Å². The van der Waals surface area contributed by atoms with Crippen LogP contribution in [0.4, 0.5) is 11.4 Å². The van der Waals surface area contributed by atoms with Crippen LogP contribution in [0.15, 0.2) is 36.4 Å². The molecule has 0 aliphatic rings. The molecule has 2 N–H and O–H groups in total. The fourth-order valence-corrected chi connectivity index (χ4v) is 1.44. The lowest BCUT2D eigenvalue weighted by Gasteiger charge is -1.99. The van der Waals surface area contributed by atoms with Crippen LogP contribution in [-0.2, 0) is 0 Å². The molecule has 4 heteroatoms. The highest BCUT2D eigenvalue weighted by atomic mass is 16.6. The van der Waals surface area contributed by atoms with E-state index in [0.29, 0.717) is 11.1 Å². The van der Waals surface area contributed by atoms with E-state index in [1.807, 2.05) is 0 Å². The second-order valence-electron chi connectivity index (χ2n) is 3.01. The minimum absolute atomic E-state index is 0.113. The van der Waals surface area contributed by atoms with E-state index >= 15 is 0 Å². The first-order valence-electron chi connectivity index (χ1n) is 4.11. The zero-order valence-electron chi connectivity index (χ0n) is 7.31. The predicted molar refractivity (Wildman–Crippen MR) is 55.0 cm³/mol. The summed E-state index contributed by atoms with van der Waals surface area (Å²) in [5.41, 5.74) is 6.30. The normalized spacial score (nSPS) is 10.3. The molecule has 0 aliphatic heterocycles. The average Bonchev–Trinajstić information content (AvgIpc) is 2.16. The number of non-ortho nitro benzene ring substituents is 1. The molecule has 4 nitrogen and oxygen atoms in total. The van der Waals surface area contributed by atoms with Gasteiger partial charge < -0.3 is 5.73 Å². The number of nitrogens with two attached hydrogens (primary N) is 1. The van der Waals surface area contributed by atoms with Gasteiger partial charge >= 0.3 is 0 Å². The zero-order valence-corrected chi connectivity index (χ0v) is 7.31. The first kappa shape index (κ1) is 8.50. The van der Waals surface area contributed by atoms with E-state index in [0.717, 1.165) is 5.39 Å². The quantitative estimate of drug-likeness (QED) is 0.424. The van der Waals surface area contributed by atoms with Crippen LogP contribution in [0.5, 0.6) is 0 Å². The van der Waals surface area contributed by atoms with Crippen molar-refractivity contribution < 1.29 is 4.92 Å². The lowest BCUT2D eigenvalue weighted by Crippen LogP contribution is -1.90. The molecule has 2 rings (SSSR count). The first-order valence-corrected chi connectivity index (χ1v) is 4.11. The van der Waals surface area contributed by atoms with Crippen LogP contribution in [0.2, 0.25) is 0 Å². The Balaban J connectivity index is 2.81. The van der Waals surface area contributed by atoms with Crippen LogP contribution >= 0.6 is 0 Å². The average molecular weight is 188 g/mol. The van der Waals surface area contributed by atoms with Gasteiger partial charge in [0.1, 0.15) is 0 Å². The predicted octanol–water partition coefficient (Wildman–Crippen LogP) is 2.33. The molecule has 0 saturated heterocycles. The molecule has 0 atom stereocenters. The Labute approximate surface area is 80.1 Å². The Morgan fingerprint density at radius 3 is 2.71 bits per heavy atom. The van der Waals surface area contributed by atoms with Crippen molar-refractivity contribution in [3.8, 4) is 0 Å². The van der Waals surface area contributed by atoms with Gasteiger partial charge in [-0.05, 0) is 23.6 Å². The van der Waals surface area contributed by atoms with E-state index in [2.05, 4.69) is 0 Å². The molecule has 0 aliphatic carbocycles. The number of anilines is 1. The van der Waals surface area contributed by atoms with Crippen LogP contribution in [0.1, 0.15) is 0 Å². The number of rotatable bonds is 1. The van der Waals surface area contributed by atoms with E-state index in [-0.39, 0.29) is 5.69 Å². The van der Waals surface area contributed by atoms with Crippen molar-refractivity contribution in [3.05, 3.63) is 46.5 Å². The molecular formula is C10H8N2O2. The van der Waals surface area contributed by atoms with Gasteiger partial charge in [-0.2, -0.15) is 0 Å². The summed E-state index contributed by atoms with van der Waals surface area (Å²) in [5, 5.41) is 12.1. The van der Waals surface area contributed by atoms with Gasteiger partial charge in [0.2, 0.25) is 0 Å². The summed E-state index contributed by atoms with van der Waals surface area (Å²) in [7, 11) is 0. The van der Waals surface area contributed by atoms with Gasteiger partial charge in [-0.15, -0.1) is 0 Å². The smallest absolute Gasteiger partial charge is 0.277 e. The molecule has 0 bridgehead atoms. The molecular weight excluding hydrogens is 180 g/mol. The lowest BCUT2D eigenvalue weighted by molar-refractivity contribution is -0.383. The fraction of sp³-hybridized carbons (Fsp3) is 0. The molecule has 2 aromatic carbocycles. The summed E-state index contributed by atoms with van der Waals surface area (Å²) < 4.78 is 0. The van der Waals surface area contributed by atoms with Crippen molar-refractivity contribution >= 4 is 22.1 Å². The van der Waals surface area contributed by atoms with Crippen LogP contribution < -0.4 is 5.73 Å². The van der Waals surface area contributed by atoms with Crippen molar-refractivity contribution in [2.24, 2.45) is 0 Å². The zero-order chi connectivity index (χ0) is 10.1. The third-order valence-corrected chi connectivity index (χ3v) is 2.08. The number of benzene rings is 2. The van der Waals surface area contributed by atoms with Crippen molar-refractivity contribution in [2.75, 3.05) is 5.73 Å². The molecule has 0 saturated carbocycles. The van der Waals surface area contributed by atoms with E-state index in [1.165, 1.54) is 6.07 Å². The summed E-state index contributed by atoms with van der Waals surface area (Å²) in [6, 6.07) is 10.00. The summed E-state index contributed by atoms with van der Waals surface area (Å²) in [6.45, 7) is 0. The number of nitro benzene ring substituents is 1. The highest BCUT2D eigenvalue weighted by Crippen LogP contribution is 2.26. The SMILES string of the molecule is Nc1ccc2c([N+](=O)[O-])cccc2c1. The number of fused-ring (bicyclic) bond motifs is 1. The molecule has 0 spiro atoms. The maximum atomic E-state index is 10.7. The molecule has 14 heavy (non-hydrogen) atoms. The van der Waals surface area contributed by atoms with Gasteiger partial charge in [-0.1, -0.05) is 12.1 Å². The topological polar surface area (TPSA) is 69.2 Å². The first-order chi connectivity index (χ1) is 6.68. The van der Waals surface area contributed by atoms with Crippen molar-refractivity contribution in [3.63, 3.8) is 0 Å². The van der Waals surface area contributed by atoms with E-state index < -0.39 is 4.92 Å². The highest BCUT2D eigenvalue weighted by molar-refractivity contribution is 5.92. The maximum absolute atomic E-state index is 10.7. The number of hydrogen-bond donors (Lipinski definition) is 1.